The van der Waals surface area contributed by atoms with Gasteiger partial charge in [-0.1, -0.05) is 133 Å². The van der Waals surface area contributed by atoms with Gasteiger partial charge in [-0.2, -0.15) is 0 Å². The van der Waals surface area contributed by atoms with Crippen LogP contribution in [0, 0.1) is 0 Å². The third-order valence-corrected chi connectivity index (χ3v) is 8.06. The van der Waals surface area contributed by atoms with Crippen LogP contribution in [-0.4, -0.2) is 0 Å². The van der Waals surface area contributed by atoms with Gasteiger partial charge in [-0.25, -0.2) is 0 Å². The second kappa shape index (κ2) is 11.8. The van der Waals surface area contributed by atoms with Gasteiger partial charge in [0.2, 0.25) is 0 Å². The maximum Gasteiger partial charge on any atom is 0.137 e. The van der Waals surface area contributed by atoms with E-state index in [0.717, 1.165) is 16.5 Å². The van der Waals surface area contributed by atoms with Crippen LogP contribution >= 0.6 is 0 Å². The Morgan fingerprint density at radius 2 is 1.02 bits per heavy atom. The number of hydrogen-bond donors (Lipinski definition) is 0. The summed E-state index contributed by atoms with van der Waals surface area (Å²) in [5, 5.41) is 0.395. The number of furan rings is 1. The van der Waals surface area contributed by atoms with Crippen LogP contribution in [-0.2, 0) is 0 Å². The van der Waals surface area contributed by atoms with Crippen molar-refractivity contribution < 1.29 is 25.0 Å². The molecule has 0 radical (unpaired) electrons. The summed E-state index contributed by atoms with van der Waals surface area (Å²) < 4.78 is 140. The van der Waals surface area contributed by atoms with Gasteiger partial charge in [0.25, 0.3) is 0 Å². The molecule has 0 saturated carbocycles. The van der Waals surface area contributed by atoms with Crippen molar-refractivity contribution in [3.8, 4) is 33.4 Å². The number of benzene rings is 8. The Labute approximate surface area is 300 Å². The SMILES string of the molecule is [2H]c1c([2H])c([2H])c(-c2c([2H])c([2H])c3c([2H])c(-c4c([2H])c([2H])c(N(c5ccc(-c6ccccc6)cc5)c5cccc6oc7ccccc7c56)c([2H])c4[2H])c([2H])c([2H])c3c2[2H])c([2H])c1[2H]. The third kappa shape index (κ3) is 5.01. The van der Waals surface area contributed by atoms with Crippen molar-refractivity contribution in [1.82, 2.24) is 0 Å². The lowest BCUT2D eigenvalue weighted by Crippen LogP contribution is -2.10. The van der Waals surface area contributed by atoms with E-state index in [0.29, 0.717) is 27.9 Å². The minimum atomic E-state index is -0.785. The van der Waals surface area contributed by atoms with Crippen LogP contribution in [0.5, 0.6) is 0 Å². The van der Waals surface area contributed by atoms with Gasteiger partial charge in [-0.05, 0) is 98.7 Å². The van der Waals surface area contributed by atoms with E-state index in [1.165, 1.54) is 0 Å². The highest BCUT2D eigenvalue weighted by atomic mass is 16.3. The monoisotopic (exact) mass is 628 g/mol. The maximum absolute atomic E-state index is 9.54. The lowest BCUT2D eigenvalue weighted by atomic mass is 9.97. The van der Waals surface area contributed by atoms with Crippen molar-refractivity contribution in [1.29, 1.82) is 0 Å². The van der Waals surface area contributed by atoms with Crippen molar-refractivity contribution in [2.75, 3.05) is 4.90 Å². The molecule has 0 bridgehead atoms. The number of anilines is 3. The van der Waals surface area contributed by atoms with Crippen LogP contribution in [0.4, 0.5) is 17.1 Å². The van der Waals surface area contributed by atoms with Crippen molar-refractivity contribution in [3.63, 3.8) is 0 Å². The fraction of sp³-hybridized carbons (Fsp3) is 0. The standard InChI is InChI=1S/C46H31NO/c1-3-10-32(11-4-1)34-22-26-40(27-23-34)47(43-15-9-17-45-46(43)42-14-7-8-16-44(42)48-45)41-28-24-35(25-29-41)37-19-21-38-30-36(18-20-39(38)31-37)33-12-5-2-6-13-33/h1-31H/i2D,5D,6D,12D,13D,18D,19D,20D,21D,24D,25D,28D,29D,30D,31D. The highest BCUT2D eigenvalue weighted by Gasteiger charge is 2.19. The molecule has 0 saturated heterocycles. The second-order valence-corrected chi connectivity index (χ2v) is 11.0. The molecule has 2 nitrogen and oxygen atoms in total. The number of fused-ring (bicyclic) bond motifs is 4. The molecule has 0 aliphatic carbocycles. The summed E-state index contributed by atoms with van der Waals surface area (Å²) in [7, 11) is 0. The summed E-state index contributed by atoms with van der Waals surface area (Å²) in [4.78, 5) is 1.60. The van der Waals surface area contributed by atoms with Crippen LogP contribution in [0.15, 0.2) is 192 Å². The van der Waals surface area contributed by atoms with Crippen molar-refractivity contribution in [2.45, 2.75) is 0 Å². The highest BCUT2D eigenvalue weighted by Crippen LogP contribution is 2.43. The summed E-state index contributed by atoms with van der Waals surface area (Å²) >= 11 is 0. The molecule has 8 aromatic carbocycles. The largest absolute Gasteiger partial charge is 0.456 e. The molecule has 0 atom stereocenters. The second-order valence-electron chi connectivity index (χ2n) is 11.0. The predicted octanol–water partition coefficient (Wildman–Crippen LogP) is 13.2. The lowest BCUT2D eigenvalue weighted by Gasteiger charge is -2.26. The Balaban J connectivity index is 1.30. The zero-order chi connectivity index (χ0) is 44.9. The molecule has 0 spiro atoms. The van der Waals surface area contributed by atoms with Gasteiger partial charge in [0, 0.05) is 16.8 Å². The van der Waals surface area contributed by atoms with E-state index in [1.54, 1.807) is 35.2 Å². The Hall–Kier alpha value is -6.38. The summed E-state index contributed by atoms with van der Waals surface area (Å²) in [6.45, 7) is 0. The van der Waals surface area contributed by atoms with Crippen LogP contribution in [0.3, 0.4) is 0 Å². The normalized spacial score (nSPS) is 15.7. The van der Waals surface area contributed by atoms with E-state index in [1.807, 2.05) is 66.7 Å². The quantitative estimate of drug-likeness (QED) is 0.182. The number of nitrogens with zero attached hydrogens (tertiary/aromatic N) is 1. The molecule has 2 heteroatoms. The average Bonchev–Trinajstić information content (AvgIpc) is 3.68. The zero-order valence-electron chi connectivity index (χ0n) is 40.1. The van der Waals surface area contributed by atoms with Crippen molar-refractivity contribution >= 4 is 49.8 Å². The molecular formula is C46H31NO. The Bertz CT molecular complexity index is 3350. The van der Waals surface area contributed by atoms with Gasteiger partial charge >= 0.3 is 0 Å². The summed E-state index contributed by atoms with van der Waals surface area (Å²) in [6.07, 6.45) is 0. The van der Waals surface area contributed by atoms with E-state index >= 15 is 0 Å². The molecule has 1 heterocycles. The molecule has 0 fully saturated rings. The lowest BCUT2D eigenvalue weighted by molar-refractivity contribution is 0.669. The Kier molecular flexibility index (Phi) is 4.03. The molecule has 9 rings (SSSR count). The highest BCUT2D eigenvalue weighted by molar-refractivity contribution is 6.13. The molecule has 48 heavy (non-hydrogen) atoms. The molecule has 0 unspecified atom stereocenters. The van der Waals surface area contributed by atoms with Crippen LogP contribution in [0.25, 0.3) is 66.1 Å². The van der Waals surface area contributed by atoms with E-state index in [9.17, 15) is 6.85 Å². The molecule has 0 aliphatic rings. The zero-order valence-corrected chi connectivity index (χ0v) is 25.1. The minimum absolute atomic E-state index is 0.171. The van der Waals surface area contributed by atoms with Gasteiger partial charge in [0.1, 0.15) is 11.2 Å². The maximum atomic E-state index is 9.54. The first kappa shape index (κ1) is 16.4. The van der Waals surface area contributed by atoms with Crippen LogP contribution < -0.4 is 4.90 Å². The fourth-order valence-corrected chi connectivity index (χ4v) is 5.81. The molecule has 0 aliphatic heterocycles. The molecular weight excluding hydrogens is 583 g/mol. The van der Waals surface area contributed by atoms with Crippen LogP contribution in [0.2, 0.25) is 0 Å². The van der Waals surface area contributed by atoms with E-state index in [-0.39, 0.29) is 5.69 Å². The summed E-state index contributed by atoms with van der Waals surface area (Å²) in [5.41, 5.74) is 1.53. The summed E-state index contributed by atoms with van der Waals surface area (Å²) in [5.74, 6) is 0. The Morgan fingerprint density at radius 3 is 1.75 bits per heavy atom. The van der Waals surface area contributed by atoms with E-state index in [2.05, 4.69) is 0 Å². The van der Waals surface area contributed by atoms with E-state index in [4.69, 9.17) is 18.1 Å². The predicted molar refractivity (Wildman–Crippen MR) is 202 cm³/mol. The Morgan fingerprint density at radius 1 is 0.417 bits per heavy atom. The first-order chi connectivity index (χ1) is 30.1. The smallest absolute Gasteiger partial charge is 0.137 e. The van der Waals surface area contributed by atoms with Gasteiger partial charge < -0.3 is 9.32 Å². The molecule has 9 aromatic rings. The average molecular weight is 629 g/mol. The van der Waals surface area contributed by atoms with Crippen molar-refractivity contribution in [2.24, 2.45) is 0 Å². The summed E-state index contributed by atoms with van der Waals surface area (Å²) in [6, 6.07) is 19.0. The molecule has 0 amide bonds. The number of hydrogen-bond acceptors (Lipinski definition) is 2. The molecule has 1 aromatic heterocycles. The van der Waals surface area contributed by atoms with Gasteiger partial charge in [-0.3, -0.25) is 0 Å². The number of rotatable bonds is 6. The van der Waals surface area contributed by atoms with E-state index < -0.39 is 124 Å². The fourth-order valence-electron chi connectivity index (χ4n) is 5.81. The third-order valence-electron chi connectivity index (χ3n) is 8.06. The van der Waals surface area contributed by atoms with Crippen LogP contribution in [0.1, 0.15) is 20.6 Å². The van der Waals surface area contributed by atoms with Gasteiger partial charge in [0.15, 0.2) is 0 Å². The minimum Gasteiger partial charge on any atom is -0.456 e. The topological polar surface area (TPSA) is 16.4 Å². The first-order valence-corrected chi connectivity index (χ1v) is 15.1. The number of para-hydroxylation sites is 1. The van der Waals surface area contributed by atoms with Crippen molar-refractivity contribution in [3.05, 3.63) is 188 Å². The first-order valence-electron chi connectivity index (χ1n) is 22.6. The molecule has 226 valence electrons. The molecule has 0 N–H and O–H groups in total. The van der Waals surface area contributed by atoms with Gasteiger partial charge in [-0.15, -0.1) is 0 Å². The van der Waals surface area contributed by atoms with Gasteiger partial charge in [0.05, 0.1) is 31.6 Å².